The second-order valence-electron chi connectivity index (χ2n) is 3.70. The summed E-state index contributed by atoms with van der Waals surface area (Å²) >= 11 is 0. The van der Waals surface area contributed by atoms with Gasteiger partial charge in [0.1, 0.15) is 0 Å². The van der Waals surface area contributed by atoms with Crippen LogP contribution < -0.4 is 11.1 Å². The van der Waals surface area contributed by atoms with Gasteiger partial charge >= 0.3 is 0 Å². The highest BCUT2D eigenvalue weighted by atomic mass is 19.2. The highest BCUT2D eigenvalue weighted by molar-refractivity contribution is 5.66. The molecule has 0 spiro atoms. The Labute approximate surface area is 96.8 Å². The predicted molar refractivity (Wildman–Crippen MR) is 61.4 cm³/mol. The van der Waals surface area contributed by atoms with Gasteiger partial charge in [-0.2, -0.15) is 5.10 Å². The van der Waals surface area contributed by atoms with E-state index >= 15 is 0 Å². The number of hydrogen-bond acceptors (Lipinski definition) is 3. The van der Waals surface area contributed by atoms with E-state index in [9.17, 15) is 8.78 Å². The van der Waals surface area contributed by atoms with E-state index in [0.717, 1.165) is 17.3 Å². The molecule has 0 fully saturated rings. The van der Waals surface area contributed by atoms with Gasteiger partial charge in [0.2, 0.25) is 0 Å². The van der Waals surface area contributed by atoms with Crippen LogP contribution in [0.2, 0.25) is 0 Å². The second-order valence-corrected chi connectivity index (χ2v) is 3.70. The normalized spacial score (nSPS) is 10.5. The van der Waals surface area contributed by atoms with E-state index in [1.165, 1.54) is 6.07 Å². The topological polar surface area (TPSA) is 66.7 Å². The van der Waals surface area contributed by atoms with Gasteiger partial charge in [0.05, 0.1) is 17.6 Å². The van der Waals surface area contributed by atoms with E-state index in [0.29, 0.717) is 6.54 Å². The molecule has 90 valence electrons. The third-order valence-corrected chi connectivity index (χ3v) is 2.52. The molecule has 4 N–H and O–H groups in total. The second kappa shape index (κ2) is 4.40. The number of benzene rings is 1. The highest BCUT2D eigenvalue weighted by Gasteiger charge is 2.12. The summed E-state index contributed by atoms with van der Waals surface area (Å²) < 4.78 is 26.5. The Hall–Kier alpha value is -2.11. The molecule has 0 aliphatic carbocycles. The molecule has 2 rings (SSSR count). The number of aromatic amines is 1. The SMILES string of the molecule is Cc1[nH]ncc1CNc1c(N)ccc(F)c1F. The van der Waals surface area contributed by atoms with Crippen LogP contribution in [0.1, 0.15) is 11.3 Å². The number of hydrogen-bond donors (Lipinski definition) is 3. The lowest BCUT2D eigenvalue weighted by Gasteiger charge is -2.10. The summed E-state index contributed by atoms with van der Waals surface area (Å²) in [5.74, 6) is -1.89. The molecule has 6 heteroatoms. The zero-order valence-corrected chi connectivity index (χ0v) is 9.22. The Bertz CT molecular complexity index is 536. The number of nitrogens with one attached hydrogen (secondary N) is 2. The summed E-state index contributed by atoms with van der Waals surface area (Å²) in [6.07, 6.45) is 1.62. The van der Waals surface area contributed by atoms with Crippen LogP contribution in [0.25, 0.3) is 0 Å². The summed E-state index contributed by atoms with van der Waals surface area (Å²) in [5.41, 5.74) is 7.46. The highest BCUT2D eigenvalue weighted by Crippen LogP contribution is 2.25. The van der Waals surface area contributed by atoms with Crippen molar-refractivity contribution >= 4 is 11.4 Å². The molecule has 17 heavy (non-hydrogen) atoms. The average molecular weight is 238 g/mol. The van der Waals surface area contributed by atoms with Crippen LogP contribution >= 0.6 is 0 Å². The lowest BCUT2D eigenvalue weighted by Crippen LogP contribution is -2.06. The molecule has 0 radical (unpaired) electrons. The summed E-state index contributed by atoms with van der Waals surface area (Å²) in [7, 11) is 0. The number of aryl methyl sites for hydroxylation is 1. The molecule has 0 aliphatic heterocycles. The van der Waals surface area contributed by atoms with E-state index in [1.54, 1.807) is 6.20 Å². The van der Waals surface area contributed by atoms with Gasteiger partial charge in [-0.3, -0.25) is 5.10 Å². The molecule has 0 saturated carbocycles. The first kappa shape index (κ1) is 11.4. The van der Waals surface area contributed by atoms with Gasteiger partial charge in [-0.1, -0.05) is 0 Å². The first-order chi connectivity index (χ1) is 8.09. The molecular formula is C11H12F2N4. The van der Waals surface area contributed by atoms with Crippen LogP contribution in [0.3, 0.4) is 0 Å². The van der Waals surface area contributed by atoms with Crippen LogP contribution in [0, 0.1) is 18.6 Å². The molecule has 0 amide bonds. The fourth-order valence-electron chi connectivity index (χ4n) is 1.48. The smallest absolute Gasteiger partial charge is 0.183 e. The zero-order chi connectivity index (χ0) is 12.4. The Balaban J connectivity index is 2.20. The van der Waals surface area contributed by atoms with E-state index in [2.05, 4.69) is 15.5 Å². The Kier molecular flexibility index (Phi) is 2.95. The van der Waals surface area contributed by atoms with Gasteiger partial charge in [0.25, 0.3) is 0 Å². The number of nitrogens with two attached hydrogens (primary N) is 1. The molecule has 1 aromatic carbocycles. The minimum Gasteiger partial charge on any atom is -0.397 e. The minimum atomic E-state index is -0.967. The van der Waals surface area contributed by atoms with E-state index in [1.807, 2.05) is 6.92 Å². The third-order valence-electron chi connectivity index (χ3n) is 2.52. The van der Waals surface area contributed by atoms with Crippen LogP contribution in [-0.2, 0) is 6.54 Å². The zero-order valence-electron chi connectivity index (χ0n) is 9.22. The van der Waals surface area contributed by atoms with Gasteiger partial charge in [0, 0.05) is 17.8 Å². The van der Waals surface area contributed by atoms with Crippen molar-refractivity contribution in [2.75, 3.05) is 11.1 Å². The lowest BCUT2D eigenvalue weighted by molar-refractivity contribution is 0.511. The average Bonchev–Trinajstić information content (AvgIpc) is 2.70. The van der Waals surface area contributed by atoms with Crippen LogP contribution in [0.5, 0.6) is 0 Å². The van der Waals surface area contributed by atoms with Crippen molar-refractivity contribution < 1.29 is 8.78 Å². The Morgan fingerprint density at radius 1 is 1.41 bits per heavy atom. The molecule has 0 unspecified atom stereocenters. The van der Waals surface area contributed by atoms with E-state index in [4.69, 9.17) is 5.73 Å². The van der Waals surface area contributed by atoms with Gasteiger partial charge in [-0.05, 0) is 19.1 Å². The van der Waals surface area contributed by atoms with Crippen LogP contribution in [-0.4, -0.2) is 10.2 Å². The summed E-state index contributed by atoms with van der Waals surface area (Å²) in [5, 5.41) is 9.35. The molecule has 0 atom stereocenters. The number of H-pyrrole nitrogens is 1. The number of rotatable bonds is 3. The van der Waals surface area contributed by atoms with E-state index in [-0.39, 0.29) is 11.4 Å². The van der Waals surface area contributed by atoms with E-state index < -0.39 is 11.6 Å². The number of halogens is 2. The van der Waals surface area contributed by atoms with Crippen molar-refractivity contribution in [2.45, 2.75) is 13.5 Å². The van der Waals surface area contributed by atoms with Gasteiger partial charge in [0.15, 0.2) is 11.6 Å². The molecule has 0 bridgehead atoms. The van der Waals surface area contributed by atoms with Gasteiger partial charge in [-0.25, -0.2) is 8.78 Å². The lowest BCUT2D eigenvalue weighted by atomic mass is 10.2. The number of nitrogen functional groups attached to an aromatic ring is 1. The molecule has 0 saturated heterocycles. The summed E-state index contributed by atoms with van der Waals surface area (Å²) in [6, 6.07) is 2.32. The minimum absolute atomic E-state index is 0.0226. The largest absolute Gasteiger partial charge is 0.397 e. The number of aromatic nitrogens is 2. The van der Waals surface area contributed by atoms with Crippen molar-refractivity contribution in [2.24, 2.45) is 0 Å². The maximum Gasteiger partial charge on any atom is 0.183 e. The van der Waals surface area contributed by atoms with Crippen molar-refractivity contribution in [3.63, 3.8) is 0 Å². The maximum atomic E-state index is 13.5. The Morgan fingerprint density at radius 2 is 2.18 bits per heavy atom. The fourth-order valence-corrected chi connectivity index (χ4v) is 1.48. The van der Waals surface area contributed by atoms with Gasteiger partial charge in [-0.15, -0.1) is 0 Å². The Morgan fingerprint density at radius 3 is 2.82 bits per heavy atom. The van der Waals surface area contributed by atoms with Crippen molar-refractivity contribution in [1.82, 2.24) is 10.2 Å². The van der Waals surface area contributed by atoms with Gasteiger partial charge < -0.3 is 11.1 Å². The number of nitrogens with zero attached hydrogens (tertiary/aromatic N) is 1. The summed E-state index contributed by atoms with van der Waals surface area (Å²) in [6.45, 7) is 2.17. The molecule has 1 heterocycles. The number of anilines is 2. The predicted octanol–water partition coefficient (Wildman–Crippen LogP) is 2.19. The molecule has 0 aliphatic rings. The standard InChI is InChI=1S/C11H12F2N4/c1-6-7(5-16-17-6)4-15-11-9(14)3-2-8(12)10(11)13/h2-3,5,15H,4,14H2,1H3,(H,16,17). The third kappa shape index (κ3) is 2.20. The first-order valence-electron chi connectivity index (χ1n) is 5.05. The van der Waals surface area contributed by atoms with Crippen LogP contribution in [0.4, 0.5) is 20.2 Å². The van der Waals surface area contributed by atoms with Crippen LogP contribution in [0.15, 0.2) is 18.3 Å². The summed E-state index contributed by atoms with van der Waals surface area (Å²) in [4.78, 5) is 0. The monoisotopic (exact) mass is 238 g/mol. The van der Waals surface area contributed by atoms with Crippen molar-refractivity contribution in [1.29, 1.82) is 0 Å². The first-order valence-corrected chi connectivity index (χ1v) is 5.05. The molecule has 1 aromatic heterocycles. The van der Waals surface area contributed by atoms with Crippen molar-refractivity contribution in [3.05, 3.63) is 41.2 Å². The molecule has 4 nitrogen and oxygen atoms in total. The molecular weight excluding hydrogens is 226 g/mol. The maximum absolute atomic E-state index is 13.5. The fraction of sp³-hybridized carbons (Fsp3) is 0.182. The molecule has 2 aromatic rings. The quantitative estimate of drug-likeness (QED) is 0.718. The van der Waals surface area contributed by atoms with Crippen molar-refractivity contribution in [3.8, 4) is 0 Å².